The summed E-state index contributed by atoms with van der Waals surface area (Å²) in [6.07, 6.45) is 0. The van der Waals surface area contributed by atoms with Crippen molar-refractivity contribution < 1.29 is 14.3 Å². The molecule has 19 heavy (non-hydrogen) atoms. The van der Waals surface area contributed by atoms with Crippen molar-refractivity contribution in [3.63, 3.8) is 0 Å². The van der Waals surface area contributed by atoms with Gasteiger partial charge in [0, 0.05) is 11.6 Å². The van der Waals surface area contributed by atoms with Gasteiger partial charge in [-0.25, -0.2) is 4.39 Å². The lowest BCUT2D eigenvalue weighted by Crippen LogP contribution is -2.03. The second-order valence-corrected chi connectivity index (χ2v) is 4.10. The second kappa shape index (κ2) is 6.00. The highest BCUT2D eigenvalue weighted by molar-refractivity contribution is 6.00. The number of halogens is 1. The molecule has 0 aromatic heterocycles. The number of rotatable bonds is 4. The third-order valence-electron chi connectivity index (χ3n) is 2.72. The minimum Gasteiger partial charge on any atom is -0.488 e. The average molecular weight is 259 g/mol. The first kappa shape index (κ1) is 13.1. The van der Waals surface area contributed by atoms with E-state index in [-0.39, 0.29) is 0 Å². The van der Waals surface area contributed by atoms with Crippen LogP contribution in [-0.2, 0) is 6.61 Å². The van der Waals surface area contributed by atoms with E-state index in [9.17, 15) is 4.39 Å². The van der Waals surface area contributed by atoms with Crippen LogP contribution < -0.4 is 4.74 Å². The van der Waals surface area contributed by atoms with Gasteiger partial charge in [-0.05, 0) is 24.6 Å². The Labute approximate surface area is 111 Å². The molecule has 2 aromatic rings. The molecule has 4 heteroatoms. The van der Waals surface area contributed by atoms with E-state index in [1.165, 1.54) is 18.2 Å². The zero-order chi connectivity index (χ0) is 13.7. The van der Waals surface area contributed by atoms with E-state index in [0.29, 0.717) is 23.6 Å². The standard InChI is InChI=1S/C15H14FNO2/c1-11(17-18)14-8-7-13(16)9-15(14)19-10-12-5-3-2-4-6-12/h2-9,18H,10H2,1H3. The number of benzene rings is 2. The first-order chi connectivity index (χ1) is 9.20. The van der Waals surface area contributed by atoms with Gasteiger partial charge in [-0.3, -0.25) is 0 Å². The molecule has 1 N–H and O–H groups in total. The normalized spacial score (nSPS) is 11.4. The van der Waals surface area contributed by atoms with E-state index >= 15 is 0 Å². The van der Waals surface area contributed by atoms with Crippen LogP contribution in [0.2, 0.25) is 0 Å². The smallest absolute Gasteiger partial charge is 0.131 e. The summed E-state index contributed by atoms with van der Waals surface area (Å²) in [5.74, 6) is -0.0308. The maximum Gasteiger partial charge on any atom is 0.131 e. The summed E-state index contributed by atoms with van der Waals surface area (Å²) in [5.41, 5.74) is 1.93. The highest BCUT2D eigenvalue weighted by Gasteiger charge is 2.09. The van der Waals surface area contributed by atoms with Gasteiger partial charge >= 0.3 is 0 Å². The number of hydrogen-bond acceptors (Lipinski definition) is 3. The Morgan fingerprint density at radius 2 is 1.95 bits per heavy atom. The molecule has 0 aliphatic heterocycles. The fourth-order valence-corrected chi connectivity index (χ4v) is 1.70. The van der Waals surface area contributed by atoms with Gasteiger partial charge < -0.3 is 9.94 Å². The molecule has 0 bridgehead atoms. The Kier molecular flexibility index (Phi) is 4.13. The molecule has 0 saturated heterocycles. The van der Waals surface area contributed by atoms with Gasteiger partial charge in [-0.2, -0.15) is 0 Å². The SMILES string of the molecule is CC(=NO)c1ccc(F)cc1OCc1ccccc1. The van der Waals surface area contributed by atoms with E-state index in [4.69, 9.17) is 9.94 Å². The Hall–Kier alpha value is -2.36. The van der Waals surface area contributed by atoms with Gasteiger partial charge in [0.25, 0.3) is 0 Å². The second-order valence-electron chi connectivity index (χ2n) is 4.10. The van der Waals surface area contributed by atoms with Crippen LogP contribution >= 0.6 is 0 Å². The van der Waals surface area contributed by atoms with Crippen LogP contribution in [0.1, 0.15) is 18.1 Å². The van der Waals surface area contributed by atoms with E-state index in [2.05, 4.69) is 5.16 Å². The van der Waals surface area contributed by atoms with Crippen LogP contribution in [0, 0.1) is 5.82 Å². The summed E-state index contributed by atoms with van der Waals surface area (Å²) >= 11 is 0. The van der Waals surface area contributed by atoms with Crippen LogP contribution in [0.25, 0.3) is 0 Å². The summed E-state index contributed by atoms with van der Waals surface area (Å²) in [7, 11) is 0. The summed E-state index contributed by atoms with van der Waals surface area (Å²) in [6, 6.07) is 13.7. The number of nitrogens with zero attached hydrogens (tertiary/aromatic N) is 1. The quantitative estimate of drug-likeness (QED) is 0.518. The van der Waals surface area contributed by atoms with Crippen LogP contribution in [-0.4, -0.2) is 10.9 Å². The molecule has 98 valence electrons. The minimum absolute atomic E-state index is 0.329. The van der Waals surface area contributed by atoms with Crippen molar-refractivity contribution in [3.8, 4) is 5.75 Å². The minimum atomic E-state index is -0.391. The van der Waals surface area contributed by atoms with E-state index in [1.807, 2.05) is 30.3 Å². The van der Waals surface area contributed by atoms with Crippen molar-refractivity contribution in [2.75, 3.05) is 0 Å². The maximum atomic E-state index is 13.3. The number of ether oxygens (including phenoxy) is 1. The highest BCUT2D eigenvalue weighted by atomic mass is 19.1. The van der Waals surface area contributed by atoms with Crippen molar-refractivity contribution in [2.24, 2.45) is 5.16 Å². The molecular weight excluding hydrogens is 245 g/mol. The Bertz CT molecular complexity index is 582. The maximum absolute atomic E-state index is 13.3. The van der Waals surface area contributed by atoms with Crippen molar-refractivity contribution in [3.05, 3.63) is 65.5 Å². The van der Waals surface area contributed by atoms with Crippen LogP contribution in [0.4, 0.5) is 4.39 Å². The highest BCUT2D eigenvalue weighted by Crippen LogP contribution is 2.22. The Morgan fingerprint density at radius 1 is 1.21 bits per heavy atom. The predicted molar refractivity (Wildman–Crippen MR) is 71.2 cm³/mol. The molecule has 0 aliphatic rings. The number of oxime groups is 1. The lowest BCUT2D eigenvalue weighted by Gasteiger charge is -2.11. The molecule has 0 atom stereocenters. The molecule has 3 nitrogen and oxygen atoms in total. The molecule has 0 heterocycles. The van der Waals surface area contributed by atoms with Gasteiger partial charge in [0.1, 0.15) is 18.2 Å². The predicted octanol–water partition coefficient (Wildman–Crippen LogP) is 3.60. The fraction of sp³-hybridized carbons (Fsp3) is 0.133. The molecule has 0 saturated carbocycles. The van der Waals surface area contributed by atoms with Crippen molar-refractivity contribution in [1.82, 2.24) is 0 Å². The van der Waals surface area contributed by atoms with E-state index in [0.717, 1.165) is 5.56 Å². The Morgan fingerprint density at radius 3 is 2.63 bits per heavy atom. The van der Waals surface area contributed by atoms with Crippen molar-refractivity contribution in [1.29, 1.82) is 0 Å². The average Bonchev–Trinajstić information content (AvgIpc) is 2.45. The zero-order valence-corrected chi connectivity index (χ0v) is 10.5. The van der Waals surface area contributed by atoms with Gasteiger partial charge in [0.15, 0.2) is 0 Å². The van der Waals surface area contributed by atoms with E-state index in [1.54, 1.807) is 6.92 Å². The lowest BCUT2D eigenvalue weighted by molar-refractivity contribution is 0.302. The van der Waals surface area contributed by atoms with Gasteiger partial charge in [-0.1, -0.05) is 35.5 Å². The van der Waals surface area contributed by atoms with Crippen molar-refractivity contribution in [2.45, 2.75) is 13.5 Å². The summed E-state index contributed by atoms with van der Waals surface area (Å²) in [4.78, 5) is 0. The monoisotopic (exact) mass is 259 g/mol. The molecule has 0 amide bonds. The molecule has 0 unspecified atom stereocenters. The topological polar surface area (TPSA) is 41.8 Å². The summed E-state index contributed by atoms with van der Waals surface area (Å²) < 4.78 is 18.9. The van der Waals surface area contributed by atoms with Gasteiger partial charge in [0.05, 0.1) is 5.71 Å². The zero-order valence-electron chi connectivity index (χ0n) is 10.5. The molecular formula is C15H14FNO2. The fourth-order valence-electron chi connectivity index (χ4n) is 1.70. The Balaban J connectivity index is 2.21. The molecule has 0 spiro atoms. The summed E-state index contributed by atoms with van der Waals surface area (Å²) in [6.45, 7) is 1.96. The molecule has 0 radical (unpaired) electrons. The summed E-state index contributed by atoms with van der Waals surface area (Å²) in [5, 5.41) is 11.9. The molecule has 0 aliphatic carbocycles. The molecule has 2 aromatic carbocycles. The van der Waals surface area contributed by atoms with Gasteiger partial charge in [-0.15, -0.1) is 0 Å². The number of hydrogen-bond donors (Lipinski definition) is 1. The lowest BCUT2D eigenvalue weighted by atomic mass is 10.1. The van der Waals surface area contributed by atoms with E-state index < -0.39 is 5.82 Å². The first-order valence-electron chi connectivity index (χ1n) is 5.86. The first-order valence-corrected chi connectivity index (χ1v) is 5.86. The van der Waals surface area contributed by atoms with Crippen LogP contribution in [0.5, 0.6) is 5.75 Å². The molecule has 2 rings (SSSR count). The van der Waals surface area contributed by atoms with Crippen LogP contribution in [0.15, 0.2) is 53.7 Å². The third kappa shape index (κ3) is 3.31. The molecule has 0 fully saturated rings. The largest absolute Gasteiger partial charge is 0.488 e. The van der Waals surface area contributed by atoms with Crippen molar-refractivity contribution >= 4 is 5.71 Å². The third-order valence-corrected chi connectivity index (χ3v) is 2.72. The van der Waals surface area contributed by atoms with Gasteiger partial charge in [0.2, 0.25) is 0 Å². The van der Waals surface area contributed by atoms with Crippen LogP contribution in [0.3, 0.4) is 0 Å².